The van der Waals surface area contributed by atoms with Crippen LogP contribution in [0.25, 0.3) is 0 Å². The molecule has 0 spiro atoms. The summed E-state index contributed by atoms with van der Waals surface area (Å²) in [5.41, 5.74) is -0.0577. The summed E-state index contributed by atoms with van der Waals surface area (Å²) in [5, 5.41) is 0. The highest BCUT2D eigenvalue weighted by Crippen LogP contribution is 2.39. The van der Waals surface area contributed by atoms with Crippen LogP contribution in [0.1, 0.15) is 53.6 Å². The van der Waals surface area contributed by atoms with Crippen LogP contribution in [0.4, 0.5) is 17.6 Å². The molecule has 2 aliphatic rings. The highest BCUT2D eigenvalue weighted by molar-refractivity contribution is 5.98. The number of benzene rings is 2. The zero-order valence-corrected chi connectivity index (χ0v) is 16.0. The van der Waals surface area contributed by atoms with Crippen molar-refractivity contribution in [1.82, 2.24) is 4.90 Å². The summed E-state index contributed by atoms with van der Waals surface area (Å²) in [6.07, 6.45) is -0.277. The fraction of sp³-hybridized carbons (Fsp3) is 0.435. The molecule has 0 amide bonds. The Kier molecular flexibility index (Phi) is 5.47. The molecular weight excluding hydrogens is 382 g/mol. The standard InChI is InChI=1S/C23H23F4NO/c24-21-13-16(9-10-20(21)23(25,26)27)22(29)17-11-18-7-4-8-19(12-17)28(18)14-15-5-2-1-3-6-15/h1-3,5-6,9-10,13,17-19H,4,7-8,11-12,14H2. The minimum Gasteiger partial charge on any atom is -0.294 e. The van der Waals surface area contributed by atoms with Crippen molar-refractivity contribution in [2.75, 3.05) is 0 Å². The van der Waals surface area contributed by atoms with Crippen LogP contribution in [0, 0.1) is 11.7 Å². The molecule has 4 rings (SSSR count). The Morgan fingerprint density at radius 2 is 1.66 bits per heavy atom. The van der Waals surface area contributed by atoms with Crippen molar-refractivity contribution in [2.45, 2.75) is 56.9 Å². The van der Waals surface area contributed by atoms with Gasteiger partial charge in [-0.1, -0.05) is 42.8 Å². The number of alkyl halides is 3. The number of halogens is 4. The Balaban J connectivity index is 1.50. The van der Waals surface area contributed by atoms with E-state index in [0.29, 0.717) is 18.9 Å². The van der Waals surface area contributed by atoms with Crippen LogP contribution in [0.15, 0.2) is 48.5 Å². The first-order chi connectivity index (χ1) is 13.8. The van der Waals surface area contributed by atoms with Gasteiger partial charge in [0.2, 0.25) is 0 Å². The molecule has 0 N–H and O–H groups in total. The smallest absolute Gasteiger partial charge is 0.294 e. The van der Waals surface area contributed by atoms with Crippen molar-refractivity contribution >= 4 is 5.78 Å². The van der Waals surface area contributed by atoms with Gasteiger partial charge in [-0.2, -0.15) is 13.2 Å². The Morgan fingerprint density at radius 1 is 1.00 bits per heavy atom. The van der Waals surface area contributed by atoms with Gasteiger partial charge in [0.25, 0.3) is 0 Å². The number of carbonyl (C=O) groups is 1. The van der Waals surface area contributed by atoms with Crippen molar-refractivity contribution in [2.24, 2.45) is 5.92 Å². The van der Waals surface area contributed by atoms with Crippen LogP contribution in [0.3, 0.4) is 0 Å². The molecule has 0 saturated carbocycles. The van der Waals surface area contributed by atoms with Crippen LogP contribution in [0.2, 0.25) is 0 Å². The van der Waals surface area contributed by atoms with Crippen LogP contribution in [-0.4, -0.2) is 22.8 Å². The lowest BCUT2D eigenvalue weighted by Gasteiger charge is -2.48. The van der Waals surface area contributed by atoms with E-state index in [2.05, 4.69) is 17.0 Å². The number of rotatable bonds is 4. The van der Waals surface area contributed by atoms with Gasteiger partial charge in [-0.15, -0.1) is 0 Å². The first-order valence-corrected chi connectivity index (χ1v) is 10.0. The molecule has 2 bridgehead atoms. The predicted molar refractivity (Wildman–Crippen MR) is 102 cm³/mol. The summed E-state index contributed by atoms with van der Waals surface area (Å²) in [5.74, 6) is -1.90. The number of ketones is 1. The topological polar surface area (TPSA) is 20.3 Å². The predicted octanol–water partition coefficient (Wildman–Crippen LogP) is 5.86. The maximum absolute atomic E-state index is 13.9. The molecule has 2 saturated heterocycles. The summed E-state index contributed by atoms with van der Waals surface area (Å²) in [7, 11) is 0. The average Bonchev–Trinajstić information content (AvgIpc) is 2.67. The SMILES string of the molecule is O=C(c1ccc(C(F)(F)F)c(F)c1)C1CC2CCCC(C1)N2Cc1ccccc1. The Labute approximate surface area is 167 Å². The Bertz CT molecular complexity index is 866. The van der Waals surface area contributed by atoms with Gasteiger partial charge in [0.05, 0.1) is 5.56 Å². The highest BCUT2D eigenvalue weighted by atomic mass is 19.4. The van der Waals surface area contributed by atoms with Crippen LogP contribution < -0.4 is 0 Å². The fourth-order valence-corrected chi connectivity index (χ4v) is 4.88. The number of piperidine rings is 2. The normalized spacial score (nSPS) is 25.0. The monoisotopic (exact) mass is 405 g/mol. The third kappa shape index (κ3) is 4.22. The van der Waals surface area contributed by atoms with Gasteiger partial charge in [0.1, 0.15) is 5.82 Å². The van der Waals surface area contributed by atoms with Crippen molar-refractivity contribution in [1.29, 1.82) is 0 Å². The molecule has 154 valence electrons. The molecular formula is C23H23F4NO. The van der Waals surface area contributed by atoms with Crippen molar-refractivity contribution < 1.29 is 22.4 Å². The second-order valence-electron chi connectivity index (χ2n) is 8.12. The average molecular weight is 405 g/mol. The van der Waals surface area contributed by atoms with E-state index in [1.54, 1.807) is 0 Å². The lowest BCUT2D eigenvalue weighted by molar-refractivity contribution is -0.140. The lowest BCUT2D eigenvalue weighted by atomic mass is 9.75. The van der Waals surface area contributed by atoms with Crippen molar-refractivity contribution in [3.63, 3.8) is 0 Å². The second kappa shape index (κ2) is 7.90. The molecule has 2 nitrogen and oxygen atoms in total. The van der Waals surface area contributed by atoms with Gasteiger partial charge < -0.3 is 0 Å². The number of nitrogens with zero attached hydrogens (tertiary/aromatic N) is 1. The second-order valence-corrected chi connectivity index (χ2v) is 8.12. The summed E-state index contributed by atoms with van der Waals surface area (Å²) in [4.78, 5) is 15.4. The van der Waals surface area contributed by atoms with Crippen LogP contribution in [-0.2, 0) is 12.7 Å². The summed E-state index contributed by atoms with van der Waals surface area (Å²) in [6, 6.07) is 13.3. The minimum absolute atomic E-state index is 0.0371. The fourth-order valence-electron chi connectivity index (χ4n) is 4.88. The van der Waals surface area contributed by atoms with Gasteiger partial charge in [0.15, 0.2) is 5.78 Å². The highest BCUT2D eigenvalue weighted by Gasteiger charge is 2.41. The number of hydrogen-bond acceptors (Lipinski definition) is 2. The zero-order valence-electron chi connectivity index (χ0n) is 16.0. The first-order valence-electron chi connectivity index (χ1n) is 10.0. The van der Waals surface area contributed by atoms with Gasteiger partial charge in [0, 0.05) is 30.1 Å². The molecule has 6 heteroatoms. The third-order valence-corrected chi connectivity index (χ3v) is 6.26. The molecule has 29 heavy (non-hydrogen) atoms. The molecule has 2 aromatic carbocycles. The molecule has 2 heterocycles. The van der Waals surface area contributed by atoms with Crippen LogP contribution >= 0.6 is 0 Å². The maximum Gasteiger partial charge on any atom is 0.419 e. The maximum atomic E-state index is 13.9. The molecule has 2 unspecified atom stereocenters. The molecule has 0 aromatic heterocycles. The number of Topliss-reactive ketones (excluding diaryl/α,β-unsaturated/α-hetero) is 1. The number of fused-ring (bicyclic) bond motifs is 2. The summed E-state index contributed by atoms with van der Waals surface area (Å²) < 4.78 is 52.3. The Hall–Kier alpha value is -2.21. The quantitative estimate of drug-likeness (QED) is 0.469. The zero-order chi connectivity index (χ0) is 20.6. The van der Waals surface area contributed by atoms with E-state index in [1.165, 1.54) is 5.56 Å². The molecule has 2 aromatic rings. The Morgan fingerprint density at radius 3 is 2.24 bits per heavy atom. The first kappa shape index (κ1) is 20.1. The van der Waals surface area contributed by atoms with Crippen molar-refractivity contribution in [3.8, 4) is 0 Å². The van der Waals surface area contributed by atoms with E-state index in [0.717, 1.165) is 37.9 Å². The van der Waals surface area contributed by atoms with E-state index in [4.69, 9.17) is 0 Å². The number of carbonyl (C=O) groups excluding carboxylic acids is 1. The van der Waals surface area contributed by atoms with E-state index in [9.17, 15) is 22.4 Å². The van der Waals surface area contributed by atoms with Gasteiger partial charge in [-0.3, -0.25) is 9.69 Å². The minimum atomic E-state index is -4.76. The van der Waals surface area contributed by atoms with E-state index in [-0.39, 0.29) is 29.3 Å². The molecule has 2 atom stereocenters. The third-order valence-electron chi connectivity index (χ3n) is 6.26. The molecule has 2 aliphatic heterocycles. The lowest BCUT2D eigenvalue weighted by Crippen LogP contribution is -2.52. The van der Waals surface area contributed by atoms with Gasteiger partial charge in [-0.05, 0) is 43.4 Å². The summed E-state index contributed by atoms with van der Waals surface area (Å²) >= 11 is 0. The molecule has 2 fully saturated rings. The molecule has 0 aliphatic carbocycles. The van der Waals surface area contributed by atoms with Crippen molar-refractivity contribution in [3.05, 3.63) is 71.0 Å². The summed E-state index contributed by atoms with van der Waals surface area (Å²) in [6.45, 7) is 0.839. The molecule has 0 radical (unpaired) electrons. The van der Waals surface area contributed by atoms with Gasteiger partial charge in [-0.25, -0.2) is 4.39 Å². The van der Waals surface area contributed by atoms with E-state index >= 15 is 0 Å². The van der Waals surface area contributed by atoms with Gasteiger partial charge >= 0.3 is 6.18 Å². The largest absolute Gasteiger partial charge is 0.419 e. The van der Waals surface area contributed by atoms with Crippen LogP contribution in [0.5, 0.6) is 0 Å². The van der Waals surface area contributed by atoms with E-state index < -0.39 is 17.6 Å². The van der Waals surface area contributed by atoms with E-state index in [1.807, 2.05) is 18.2 Å². The number of hydrogen-bond donors (Lipinski definition) is 0.